The number of likely N-dealkylation sites (tertiary alicyclic amines) is 1. The zero-order valence-corrected chi connectivity index (χ0v) is 24.0. The summed E-state index contributed by atoms with van der Waals surface area (Å²) in [5.41, 5.74) is 7.49. The van der Waals surface area contributed by atoms with Crippen LogP contribution in [0, 0.1) is 5.92 Å². The fourth-order valence-electron chi connectivity index (χ4n) is 3.82. The van der Waals surface area contributed by atoms with Crippen LogP contribution in [0.2, 0.25) is 5.02 Å². The quantitative estimate of drug-likeness (QED) is 0.332. The van der Waals surface area contributed by atoms with Crippen LogP contribution in [0.5, 0.6) is 5.75 Å². The molecule has 2 fully saturated rings. The smallest absolute Gasteiger partial charge is 0.254 e. The van der Waals surface area contributed by atoms with E-state index in [1.54, 1.807) is 6.08 Å². The van der Waals surface area contributed by atoms with Crippen LogP contribution < -0.4 is 10.5 Å². The van der Waals surface area contributed by atoms with E-state index in [0.29, 0.717) is 37.1 Å². The maximum atomic E-state index is 12.7. The Kier molecular flexibility index (Phi) is 10.8. The number of nitrogens with zero attached hydrogens (tertiary/aromatic N) is 1. The number of amides is 1. The number of thiol groups is 1. The molecule has 0 aliphatic carbocycles. The van der Waals surface area contributed by atoms with E-state index in [0.717, 1.165) is 22.9 Å². The van der Waals surface area contributed by atoms with E-state index >= 15 is 0 Å². The highest BCUT2D eigenvalue weighted by Gasteiger charge is 2.40. The van der Waals surface area contributed by atoms with Crippen molar-refractivity contribution in [3.63, 3.8) is 0 Å². The summed E-state index contributed by atoms with van der Waals surface area (Å²) in [5, 5.41) is 0.593. The van der Waals surface area contributed by atoms with Crippen molar-refractivity contribution in [1.29, 1.82) is 0 Å². The third-order valence-corrected chi connectivity index (χ3v) is 6.61. The van der Waals surface area contributed by atoms with Gasteiger partial charge in [-0.15, -0.1) is 0 Å². The molecule has 34 heavy (non-hydrogen) atoms. The largest absolute Gasteiger partial charge is 0.489 e. The van der Waals surface area contributed by atoms with Crippen LogP contribution in [0.15, 0.2) is 29.3 Å². The molecule has 192 valence electrons. The molecule has 1 aromatic rings. The number of carbonyl (C=O) groups is 1. The van der Waals surface area contributed by atoms with Crippen molar-refractivity contribution in [2.75, 3.05) is 26.3 Å². The normalized spacial score (nSPS) is 21.4. The first-order chi connectivity index (χ1) is 15.7. The van der Waals surface area contributed by atoms with E-state index in [2.05, 4.69) is 55.9 Å². The molecule has 2 saturated heterocycles. The molecule has 0 saturated carbocycles. The van der Waals surface area contributed by atoms with Crippen LogP contribution >= 0.6 is 40.2 Å². The number of hydrogen-bond acceptors (Lipinski definition) is 6. The summed E-state index contributed by atoms with van der Waals surface area (Å²) in [6.07, 6.45) is 2.77. The molecular formula is C25H38BrClN2O4S. The van der Waals surface area contributed by atoms with Gasteiger partial charge in [0.05, 0.1) is 11.6 Å². The van der Waals surface area contributed by atoms with Gasteiger partial charge >= 0.3 is 0 Å². The van der Waals surface area contributed by atoms with Gasteiger partial charge in [-0.3, -0.25) is 4.79 Å². The standard InChI is InChI=1S/C21H28BrClN2O4.C4H10S/c1-4-9-27-17-11-15(22)16(23)10-14(17)19(24)13-5-7-25(8-6-13)20(26)18-12-28-21(2,3)29-18;1-4(2,3)5/h4,10-11,13,18-19H,1,5-9,12,24H2,2-3H3;5H,1-3H3. The molecule has 2 atom stereocenters. The van der Waals surface area contributed by atoms with Crippen LogP contribution in [-0.4, -0.2) is 53.7 Å². The summed E-state index contributed by atoms with van der Waals surface area (Å²) in [7, 11) is 0. The highest BCUT2D eigenvalue weighted by Crippen LogP contribution is 2.39. The van der Waals surface area contributed by atoms with Gasteiger partial charge in [-0.25, -0.2) is 0 Å². The number of ether oxygens (including phenoxy) is 3. The number of rotatable bonds is 6. The average Bonchev–Trinajstić information content (AvgIpc) is 3.12. The van der Waals surface area contributed by atoms with Crippen LogP contribution in [-0.2, 0) is 14.3 Å². The maximum absolute atomic E-state index is 12.7. The second-order valence-electron chi connectivity index (χ2n) is 10.1. The molecule has 0 radical (unpaired) electrons. The van der Waals surface area contributed by atoms with Crippen LogP contribution in [0.25, 0.3) is 0 Å². The summed E-state index contributed by atoms with van der Waals surface area (Å²) >= 11 is 13.9. The first kappa shape index (κ1) is 29.5. The van der Waals surface area contributed by atoms with Gasteiger partial charge in [0.15, 0.2) is 11.9 Å². The predicted octanol–water partition coefficient (Wildman–Crippen LogP) is 5.77. The maximum Gasteiger partial charge on any atom is 0.254 e. The molecule has 6 nitrogen and oxygen atoms in total. The summed E-state index contributed by atoms with van der Waals surface area (Å²) in [6, 6.07) is 3.47. The lowest BCUT2D eigenvalue weighted by molar-refractivity contribution is -0.161. The minimum absolute atomic E-state index is 0.00992. The Hall–Kier alpha value is -0.770. The number of benzene rings is 1. The summed E-state index contributed by atoms with van der Waals surface area (Å²) in [5.74, 6) is 0.207. The molecule has 2 heterocycles. The molecule has 0 spiro atoms. The molecule has 2 aliphatic heterocycles. The monoisotopic (exact) mass is 576 g/mol. The minimum atomic E-state index is -0.705. The van der Waals surface area contributed by atoms with Gasteiger partial charge in [0.2, 0.25) is 0 Å². The lowest BCUT2D eigenvalue weighted by Gasteiger charge is -2.36. The molecular weight excluding hydrogens is 540 g/mol. The van der Waals surface area contributed by atoms with Crippen molar-refractivity contribution in [3.05, 3.63) is 39.8 Å². The zero-order valence-electron chi connectivity index (χ0n) is 20.8. The van der Waals surface area contributed by atoms with Gasteiger partial charge < -0.3 is 24.8 Å². The summed E-state index contributed by atoms with van der Waals surface area (Å²) in [4.78, 5) is 14.6. The fraction of sp³-hybridized carbons (Fsp3) is 0.640. The zero-order chi connectivity index (χ0) is 25.7. The Morgan fingerprint density at radius 3 is 2.50 bits per heavy atom. The van der Waals surface area contributed by atoms with Crippen LogP contribution in [0.4, 0.5) is 0 Å². The lowest BCUT2D eigenvalue weighted by atomic mass is 9.85. The van der Waals surface area contributed by atoms with Gasteiger partial charge in [-0.05, 0) is 60.7 Å². The summed E-state index contributed by atoms with van der Waals surface area (Å²) < 4.78 is 18.0. The number of halogens is 2. The van der Waals surface area contributed by atoms with E-state index in [-0.39, 0.29) is 22.6 Å². The highest BCUT2D eigenvalue weighted by molar-refractivity contribution is 9.10. The Bertz CT molecular complexity index is 848. The van der Waals surface area contributed by atoms with E-state index in [4.69, 9.17) is 31.5 Å². The molecule has 2 N–H and O–H groups in total. The SMILES string of the molecule is C=CCOc1cc(Br)c(Cl)cc1C(N)C1CCN(C(=O)C2COC(C)(C)O2)CC1.CC(C)(C)S. The van der Waals surface area contributed by atoms with Crippen LogP contribution in [0.1, 0.15) is 59.1 Å². The van der Waals surface area contributed by atoms with Crippen molar-refractivity contribution < 1.29 is 19.0 Å². The topological polar surface area (TPSA) is 74.0 Å². The van der Waals surface area contributed by atoms with Gasteiger partial charge in [0, 0.05) is 33.9 Å². The van der Waals surface area contributed by atoms with E-state index in [1.165, 1.54) is 0 Å². The van der Waals surface area contributed by atoms with Gasteiger partial charge in [0.25, 0.3) is 5.91 Å². The Morgan fingerprint density at radius 1 is 1.41 bits per heavy atom. The highest BCUT2D eigenvalue weighted by atomic mass is 79.9. The van der Waals surface area contributed by atoms with Crippen molar-refractivity contribution in [2.24, 2.45) is 11.7 Å². The predicted molar refractivity (Wildman–Crippen MR) is 145 cm³/mol. The average molecular weight is 578 g/mol. The third kappa shape index (κ3) is 9.03. The number of piperidine rings is 1. The molecule has 2 aliphatic rings. The van der Waals surface area contributed by atoms with Crippen molar-refractivity contribution in [2.45, 2.75) is 70.1 Å². The van der Waals surface area contributed by atoms with E-state index < -0.39 is 11.9 Å². The van der Waals surface area contributed by atoms with E-state index in [1.807, 2.05) is 30.9 Å². The Morgan fingerprint density at radius 2 is 2.00 bits per heavy atom. The minimum Gasteiger partial charge on any atom is -0.489 e. The van der Waals surface area contributed by atoms with Crippen molar-refractivity contribution in [3.8, 4) is 5.75 Å². The molecule has 0 bridgehead atoms. The van der Waals surface area contributed by atoms with Gasteiger partial charge in [0.1, 0.15) is 12.4 Å². The second-order valence-corrected chi connectivity index (χ2v) is 12.7. The second kappa shape index (κ2) is 12.5. The van der Waals surface area contributed by atoms with Crippen molar-refractivity contribution in [1.82, 2.24) is 4.90 Å². The molecule has 1 amide bonds. The van der Waals surface area contributed by atoms with Crippen LogP contribution in [0.3, 0.4) is 0 Å². The first-order valence-electron chi connectivity index (χ1n) is 11.5. The Labute approximate surface area is 223 Å². The lowest BCUT2D eigenvalue weighted by Crippen LogP contribution is -2.46. The molecule has 0 aromatic heterocycles. The van der Waals surface area contributed by atoms with Crippen molar-refractivity contribution >= 4 is 46.1 Å². The molecule has 1 aromatic carbocycles. The fourth-order valence-corrected chi connectivity index (χ4v) is 4.32. The van der Waals surface area contributed by atoms with Gasteiger partial charge in [-0.1, -0.05) is 45.0 Å². The Balaban J connectivity index is 0.000000739. The number of nitrogens with two attached hydrogens (primary N) is 1. The first-order valence-corrected chi connectivity index (χ1v) is 13.1. The molecule has 9 heteroatoms. The molecule has 2 unspecified atom stereocenters. The number of hydrogen-bond donors (Lipinski definition) is 2. The van der Waals surface area contributed by atoms with Gasteiger partial charge in [-0.2, -0.15) is 12.6 Å². The third-order valence-electron chi connectivity index (χ3n) is 5.41. The number of carbonyl (C=O) groups excluding carboxylic acids is 1. The summed E-state index contributed by atoms with van der Waals surface area (Å²) in [6.45, 7) is 15.5. The van der Waals surface area contributed by atoms with E-state index in [9.17, 15) is 4.79 Å². The molecule has 3 rings (SSSR count).